The average molecular weight is 290 g/mol. The van der Waals surface area contributed by atoms with Gasteiger partial charge in [0.25, 0.3) is 0 Å². The molecule has 0 aromatic rings. The minimum Gasteiger partial charge on any atom is -0.481 e. The first-order valence-corrected chi connectivity index (χ1v) is 5.92. The van der Waals surface area contributed by atoms with Crippen LogP contribution in [0.4, 0.5) is 0 Å². The van der Waals surface area contributed by atoms with Crippen molar-refractivity contribution in [2.75, 3.05) is 0 Å². The van der Waals surface area contributed by atoms with Crippen LogP contribution >= 0.6 is 0 Å². The molecule has 0 aliphatic carbocycles. The molecule has 0 bridgehead atoms. The van der Waals surface area contributed by atoms with E-state index in [0.717, 1.165) is 6.92 Å². The fourth-order valence-corrected chi connectivity index (χ4v) is 2.29. The Bertz CT molecular complexity index is 416. The molecule has 3 atom stereocenters. The van der Waals surface area contributed by atoms with Crippen LogP contribution in [0.25, 0.3) is 0 Å². The van der Waals surface area contributed by atoms with E-state index >= 15 is 0 Å². The maximum absolute atomic E-state index is 11.3. The predicted molar refractivity (Wildman–Crippen MR) is 65.2 cm³/mol. The molecule has 0 spiro atoms. The van der Waals surface area contributed by atoms with Crippen LogP contribution in [0.1, 0.15) is 33.1 Å². The molecule has 0 saturated carbocycles. The van der Waals surface area contributed by atoms with Crippen LogP contribution in [0.15, 0.2) is 0 Å². The highest BCUT2D eigenvalue weighted by molar-refractivity contribution is 5.87. The fraction of sp³-hybridized carbons (Fsp3) is 0.667. The van der Waals surface area contributed by atoms with Crippen molar-refractivity contribution in [3.63, 3.8) is 0 Å². The molecule has 0 aliphatic rings. The van der Waals surface area contributed by atoms with Gasteiger partial charge in [0.1, 0.15) is 0 Å². The van der Waals surface area contributed by atoms with E-state index < -0.39 is 47.5 Å². The molecule has 0 saturated heterocycles. The lowest BCUT2D eigenvalue weighted by atomic mass is 9.68. The summed E-state index contributed by atoms with van der Waals surface area (Å²) in [5.74, 6) is -7.81. The van der Waals surface area contributed by atoms with Gasteiger partial charge in [-0.05, 0) is 19.3 Å². The molecule has 4 N–H and O–H groups in total. The van der Waals surface area contributed by atoms with Crippen molar-refractivity contribution >= 4 is 23.9 Å². The van der Waals surface area contributed by atoms with E-state index in [9.17, 15) is 29.4 Å². The van der Waals surface area contributed by atoms with Crippen LogP contribution in [-0.4, -0.2) is 44.3 Å². The van der Waals surface area contributed by atoms with E-state index in [1.165, 1.54) is 6.92 Å². The van der Waals surface area contributed by atoms with Gasteiger partial charge >= 0.3 is 23.9 Å². The van der Waals surface area contributed by atoms with Crippen LogP contribution < -0.4 is 0 Å². The minimum atomic E-state index is -2.00. The number of carbonyl (C=O) groups is 4. The van der Waals surface area contributed by atoms with E-state index in [0.29, 0.717) is 0 Å². The van der Waals surface area contributed by atoms with Crippen molar-refractivity contribution in [2.24, 2.45) is 17.3 Å². The molecular weight excluding hydrogens is 272 g/mol. The highest BCUT2D eigenvalue weighted by atomic mass is 16.4. The van der Waals surface area contributed by atoms with Crippen molar-refractivity contribution in [2.45, 2.75) is 33.1 Å². The molecule has 0 heterocycles. The number of aliphatic carboxylic acids is 4. The number of hydrogen-bond donors (Lipinski definition) is 4. The summed E-state index contributed by atoms with van der Waals surface area (Å²) >= 11 is 0. The molecule has 0 aromatic carbocycles. The second-order valence-corrected chi connectivity index (χ2v) is 5.02. The smallest absolute Gasteiger partial charge is 0.310 e. The SMILES string of the molecule is CC(CCC(=O)O)C(C(=O)O)C(C)(CC(=O)O)C(=O)O. The maximum Gasteiger partial charge on any atom is 0.310 e. The number of carboxylic acids is 4. The molecule has 0 rings (SSSR count). The monoisotopic (exact) mass is 290 g/mol. The zero-order valence-electron chi connectivity index (χ0n) is 11.2. The number of rotatable bonds is 9. The number of hydrogen-bond acceptors (Lipinski definition) is 4. The third-order valence-electron chi connectivity index (χ3n) is 3.34. The van der Waals surface area contributed by atoms with Gasteiger partial charge in [0.2, 0.25) is 0 Å². The number of carboxylic acid groups (broad SMARTS) is 4. The average Bonchev–Trinajstić information content (AvgIpc) is 2.24. The highest BCUT2D eigenvalue weighted by Crippen LogP contribution is 2.38. The van der Waals surface area contributed by atoms with Gasteiger partial charge in [0, 0.05) is 6.42 Å². The molecule has 3 unspecified atom stereocenters. The van der Waals surface area contributed by atoms with Crippen LogP contribution in [0.3, 0.4) is 0 Å². The Labute approximate surface area is 115 Å². The lowest BCUT2D eigenvalue weighted by Crippen LogP contribution is -2.45. The molecule has 0 fully saturated rings. The third kappa shape index (κ3) is 4.52. The third-order valence-corrected chi connectivity index (χ3v) is 3.34. The Balaban J connectivity index is 5.39. The van der Waals surface area contributed by atoms with Crippen LogP contribution in [0.5, 0.6) is 0 Å². The van der Waals surface area contributed by atoms with Gasteiger partial charge in [0.15, 0.2) is 0 Å². The van der Waals surface area contributed by atoms with E-state index in [1.54, 1.807) is 0 Å². The summed E-state index contributed by atoms with van der Waals surface area (Å²) in [4.78, 5) is 43.9. The molecule has 20 heavy (non-hydrogen) atoms. The zero-order valence-corrected chi connectivity index (χ0v) is 11.2. The normalized spacial score (nSPS) is 16.7. The first-order valence-electron chi connectivity index (χ1n) is 5.92. The summed E-state index contributed by atoms with van der Waals surface area (Å²) in [5, 5.41) is 35.7. The second-order valence-electron chi connectivity index (χ2n) is 5.02. The molecule has 0 amide bonds. The van der Waals surface area contributed by atoms with Crippen molar-refractivity contribution < 1.29 is 39.6 Å². The lowest BCUT2D eigenvalue weighted by molar-refractivity contribution is -0.168. The lowest BCUT2D eigenvalue weighted by Gasteiger charge is -2.33. The van der Waals surface area contributed by atoms with E-state index in [2.05, 4.69) is 0 Å². The molecule has 0 aliphatic heterocycles. The van der Waals surface area contributed by atoms with Gasteiger partial charge in [-0.1, -0.05) is 6.92 Å². The zero-order chi connectivity index (χ0) is 16.1. The molecule has 8 heteroatoms. The van der Waals surface area contributed by atoms with Crippen molar-refractivity contribution in [3.05, 3.63) is 0 Å². The Hall–Kier alpha value is -2.12. The second kappa shape index (κ2) is 6.88. The molecule has 114 valence electrons. The van der Waals surface area contributed by atoms with Gasteiger partial charge in [0.05, 0.1) is 17.8 Å². The molecule has 8 nitrogen and oxygen atoms in total. The predicted octanol–water partition coefficient (Wildman–Crippen LogP) is 0.754. The first-order chi connectivity index (χ1) is 9.02. The Kier molecular flexibility index (Phi) is 6.15. The van der Waals surface area contributed by atoms with E-state index in [1.807, 2.05) is 0 Å². The quantitative estimate of drug-likeness (QED) is 0.486. The molecule has 0 aromatic heterocycles. The standard InChI is InChI=1S/C12H18O8/c1-6(3-4-7(13)14)9(10(17)18)12(2,11(19)20)5-8(15)16/h6,9H,3-5H2,1-2H3,(H,13,14)(H,15,16)(H,17,18)(H,19,20). The Morgan fingerprint density at radius 1 is 1.00 bits per heavy atom. The summed E-state index contributed by atoms with van der Waals surface area (Å²) < 4.78 is 0. The van der Waals surface area contributed by atoms with E-state index in [4.69, 9.17) is 10.2 Å². The topological polar surface area (TPSA) is 149 Å². The first kappa shape index (κ1) is 17.9. The Morgan fingerprint density at radius 2 is 1.50 bits per heavy atom. The maximum atomic E-state index is 11.3. The van der Waals surface area contributed by atoms with Crippen molar-refractivity contribution in [1.82, 2.24) is 0 Å². The molecule has 0 radical (unpaired) electrons. The van der Waals surface area contributed by atoms with E-state index in [-0.39, 0.29) is 12.8 Å². The van der Waals surface area contributed by atoms with Crippen LogP contribution in [0, 0.1) is 17.3 Å². The highest BCUT2D eigenvalue weighted by Gasteiger charge is 2.49. The van der Waals surface area contributed by atoms with Crippen LogP contribution in [-0.2, 0) is 19.2 Å². The Morgan fingerprint density at radius 3 is 1.80 bits per heavy atom. The van der Waals surface area contributed by atoms with Crippen molar-refractivity contribution in [1.29, 1.82) is 0 Å². The molecular formula is C12H18O8. The minimum absolute atomic E-state index is 0.0468. The largest absolute Gasteiger partial charge is 0.481 e. The summed E-state index contributed by atoms with van der Waals surface area (Å²) in [6.45, 7) is 2.46. The summed E-state index contributed by atoms with van der Waals surface area (Å²) in [6.07, 6.45) is -1.21. The summed E-state index contributed by atoms with van der Waals surface area (Å²) in [5.41, 5.74) is -2.00. The summed E-state index contributed by atoms with van der Waals surface area (Å²) in [6, 6.07) is 0. The van der Waals surface area contributed by atoms with Gasteiger partial charge in [-0.15, -0.1) is 0 Å². The van der Waals surface area contributed by atoms with Gasteiger partial charge in [-0.25, -0.2) is 0 Å². The van der Waals surface area contributed by atoms with Crippen LogP contribution in [0.2, 0.25) is 0 Å². The van der Waals surface area contributed by atoms with Crippen molar-refractivity contribution in [3.8, 4) is 0 Å². The van der Waals surface area contributed by atoms with Gasteiger partial charge in [-0.2, -0.15) is 0 Å². The van der Waals surface area contributed by atoms with Gasteiger partial charge < -0.3 is 20.4 Å². The fourth-order valence-electron chi connectivity index (χ4n) is 2.29. The summed E-state index contributed by atoms with van der Waals surface area (Å²) in [7, 11) is 0. The van der Waals surface area contributed by atoms with Gasteiger partial charge in [-0.3, -0.25) is 19.2 Å².